The van der Waals surface area contributed by atoms with Crippen LogP contribution in [0.2, 0.25) is 0 Å². The minimum absolute atomic E-state index is 0.247. The highest BCUT2D eigenvalue weighted by atomic mass is 19.1. The van der Waals surface area contributed by atoms with Crippen LogP contribution in [0.4, 0.5) is 4.39 Å². The highest BCUT2D eigenvalue weighted by Gasteiger charge is 2.04. The summed E-state index contributed by atoms with van der Waals surface area (Å²) in [6.07, 6.45) is 0. The van der Waals surface area contributed by atoms with Crippen LogP contribution in [0.25, 0.3) is 0 Å². The van der Waals surface area contributed by atoms with E-state index in [0.717, 1.165) is 28.0 Å². The van der Waals surface area contributed by atoms with Gasteiger partial charge in [0, 0.05) is 5.56 Å². The van der Waals surface area contributed by atoms with E-state index in [1.165, 1.54) is 12.1 Å². The maximum atomic E-state index is 13.2. The first-order valence-electron chi connectivity index (χ1n) is 6.77. The minimum atomic E-state index is -0.247. The first-order chi connectivity index (χ1) is 10.1. The second-order valence-corrected chi connectivity index (χ2v) is 4.85. The minimum Gasteiger partial charge on any atom is -0.489 e. The molecule has 0 aliphatic heterocycles. The lowest BCUT2D eigenvalue weighted by Crippen LogP contribution is -2.00. The molecule has 0 aliphatic carbocycles. The first kappa shape index (κ1) is 15.1. The Bertz CT molecular complexity index is 698. The fourth-order valence-electron chi connectivity index (χ4n) is 1.99. The smallest absolute Gasteiger partial charge is 0.123 e. The molecule has 21 heavy (non-hydrogen) atoms. The van der Waals surface area contributed by atoms with Crippen molar-refractivity contribution in [1.82, 2.24) is 0 Å². The van der Waals surface area contributed by atoms with Gasteiger partial charge in [-0.3, -0.25) is 0 Å². The number of rotatable bonds is 3. The summed E-state index contributed by atoms with van der Waals surface area (Å²) >= 11 is 0. The lowest BCUT2D eigenvalue weighted by atomic mass is 10.1. The van der Waals surface area contributed by atoms with E-state index in [2.05, 4.69) is 11.8 Å². The molecule has 0 aliphatic rings. The van der Waals surface area contributed by atoms with Crippen molar-refractivity contribution in [3.8, 4) is 17.6 Å². The maximum absolute atomic E-state index is 13.2. The molecule has 0 saturated heterocycles. The van der Waals surface area contributed by atoms with E-state index in [0.29, 0.717) is 13.2 Å². The molecule has 0 unspecified atom stereocenters. The molecule has 3 heteroatoms. The third-order valence-electron chi connectivity index (χ3n) is 3.20. The van der Waals surface area contributed by atoms with Gasteiger partial charge >= 0.3 is 0 Å². The Morgan fingerprint density at radius 2 is 1.90 bits per heavy atom. The Hall–Kier alpha value is -2.31. The molecular formula is C18H18FNO. The van der Waals surface area contributed by atoms with Gasteiger partial charge in [-0.15, -0.1) is 0 Å². The molecule has 0 amide bonds. The van der Waals surface area contributed by atoms with Crippen molar-refractivity contribution in [2.24, 2.45) is 5.73 Å². The molecule has 2 rings (SSSR count). The van der Waals surface area contributed by atoms with Crippen molar-refractivity contribution < 1.29 is 9.13 Å². The summed E-state index contributed by atoms with van der Waals surface area (Å²) < 4.78 is 19.0. The molecule has 0 saturated carbocycles. The van der Waals surface area contributed by atoms with Gasteiger partial charge in [-0.2, -0.15) is 0 Å². The average molecular weight is 283 g/mol. The van der Waals surface area contributed by atoms with Crippen molar-refractivity contribution in [2.75, 3.05) is 6.54 Å². The number of ether oxygens (including phenoxy) is 1. The largest absolute Gasteiger partial charge is 0.489 e. The maximum Gasteiger partial charge on any atom is 0.123 e. The van der Waals surface area contributed by atoms with Crippen LogP contribution in [-0.4, -0.2) is 6.54 Å². The average Bonchev–Trinajstić information content (AvgIpc) is 2.47. The van der Waals surface area contributed by atoms with E-state index < -0.39 is 0 Å². The number of benzene rings is 2. The molecule has 0 spiro atoms. The number of aryl methyl sites for hydroxylation is 2. The van der Waals surface area contributed by atoms with Crippen molar-refractivity contribution in [3.05, 3.63) is 64.5 Å². The highest BCUT2D eigenvalue weighted by molar-refractivity contribution is 5.43. The summed E-state index contributed by atoms with van der Waals surface area (Å²) in [5.41, 5.74) is 9.12. The molecule has 2 aromatic carbocycles. The zero-order valence-electron chi connectivity index (χ0n) is 12.2. The molecule has 2 N–H and O–H groups in total. The zero-order chi connectivity index (χ0) is 15.2. The predicted molar refractivity (Wildman–Crippen MR) is 82.6 cm³/mol. The summed E-state index contributed by atoms with van der Waals surface area (Å²) in [7, 11) is 0. The van der Waals surface area contributed by atoms with Gasteiger partial charge in [-0.1, -0.05) is 17.9 Å². The van der Waals surface area contributed by atoms with Crippen LogP contribution in [0.3, 0.4) is 0 Å². The molecule has 0 fully saturated rings. The SMILES string of the molecule is Cc1ccc(F)cc1COc1ccc(C#CCN)cc1C. The summed E-state index contributed by atoms with van der Waals surface area (Å²) in [4.78, 5) is 0. The van der Waals surface area contributed by atoms with E-state index in [1.54, 1.807) is 6.07 Å². The number of halogens is 1. The highest BCUT2D eigenvalue weighted by Crippen LogP contribution is 2.21. The molecule has 0 atom stereocenters. The summed E-state index contributed by atoms with van der Waals surface area (Å²) in [6, 6.07) is 10.4. The van der Waals surface area contributed by atoms with Crippen LogP contribution in [0.15, 0.2) is 36.4 Å². The second-order valence-electron chi connectivity index (χ2n) is 4.85. The number of nitrogens with two attached hydrogens (primary N) is 1. The molecule has 0 bridgehead atoms. The van der Waals surface area contributed by atoms with E-state index >= 15 is 0 Å². The quantitative estimate of drug-likeness (QED) is 0.877. The molecule has 2 aromatic rings. The van der Waals surface area contributed by atoms with Crippen molar-refractivity contribution in [3.63, 3.8) is 0 Å². The molecule has 2 nitrogen and oxygen atoms in total. The van der Waals surface area contributed by atoms with Crippen LogP contribution in [-0.2, 0) is 6.61 Å². The van der Waals surface area contributed by atoms with Crippen LogP contribution in [0.1, 0.15) is 22.3 Å². The molecule has 0 radical (unpaired) electrons. The topological polar surface area (TPSA) is 35.2 Å². The molecule has 0 heterocycles. The fourth-order valence-corrected chi connectivity index (χ4v) is 1.99. The fraction of sp³-hybridized carbons (Fsp3) is 0.222. The van der Waals surface area contributed by atoms with Gasteiger partial charge in [-0.25, -0.2) is 4.39 Å². The lowest BCUT2D eigenvalue weighted by molar-refractivity contribution is 0.302. The summed E-state index contributed by atoms with van der Waals surface area (Å²) in [5.74, 6) is 6.33. The Labute approximate surface area is 124 Å². The van der Waals surface area contributed by atoms with Crippen LogP contribution in [0, 0.1) is 31.5 Å². The van der Waals surface area contributed by atoms with Crippen molar-refractivity contribution in [2.45, 2.75) is 20.5 Å². The lowest BCUT2D eigenvalue weighted by Gasteiger charge is -2.11. The third-order valence-corrected chi connectivity index (χ3v) is 3.20. The molecule has 108 valence electrons. The second kappa shape index (κ2) is 6.92. The van der Waals surface area contributed by atoms with Gasteiger partial charge < -0.3 is 10.5 Å². The third kappa shape index (κ3) is 4.08. The van der Waals surface area contributed by atoms with E-state index in [4.69, 9.17) is 10.5 Å². The van der Waals surface area contributed by atoms with Crippen LogP contribution in [0.5, 0.6) is 5.75 Å². The van der Waals surface area contributed by atoms with E-state index in [-0.39, 0.29) is 5.82 Å². The van der Waals surface area contributed by atoms with E-state index in [1.807, 2.05) is 32.0 Å². The van der Waals surface area contributed by atoms with Gasteiger partial charge in [-0.05, 0) is 60.9 Å². The standard InChI is InChI=1S/C18H18FNO/c1-13-5-7-17(19)11-16(13)12-21-18-8-6-15(4-3-9-20)10-14(18)2/h5-8,10-11H,9,12,20H2,1-2H3. The molecular weight excluding hydrogens is 265 g/mol. The van der Waals surface area contributed by atoms with Gasteiger partial charge in [0.15, 0.2) is 0 Å². The Balaban J connectivity index is 2.11. The summed E-state index contributed by atoms with van der Waals surface area (Å²) in [5, 5.41) is 0. The Morgan fingerprint density at radius 1 is 1.10 bits per heavy atom. The van der Waals surface area contributed by atoms with Crippen molar-refractivity contribution in [1.29, 1.82) is 0 Å². The first-order valence-corrected chi connectivity index (χ1v) is 6.77. The van der Waals surface area contributed by atoms with Crippen molar-refractivity contribution >= 4 is 0 Å². The Morgan fingerprint density at radius 3 is 2.62 bits per heavy atom. The normalized spacial score (nSPS) is 9.90. The zero-order valence-corrected chi connectivity index (χ0v) is 12.2. The van der Waals surface area contributed by atoms with Gasteiger partial charge in [0.05, 0.1) is 6.54 Å². The Kier molecular flexibility index (Phi) is 4.97. The van der Waals surface area contributed by atoms with Gasteiger partial charge in [0.2, 0.25) is 0 Å². The van der Waals surface area contributed by atoms with Crippen LogP contribution >= 0.6 is 0 Å². The van der Waals surface area contributed by atoms with E-state index in [9.17, 15) is 4.39 Å². The predicted octanol–water partition coefficient (Wildman–Crippen LogP) is 3.33. The molecule has 0 aromatic heterocycles. The monoisotopic (exact) mass is 283 g/mol. The van der Waals surface area contributed by atoms with Crippen LogP contribution < -0.4 is 10.5 Å². The van der Waals surface area contributed by atoms with Gasteiger partial charge in [0.25, 0.3) is 0 Å². The number of hydrogen-bond acceptors (Lipinski definition) is 2. The number of hydrogen-bond donors (Lipinski definition) is 1. The van der Waals surface area contributed by atoms with Gasteiger partial charge in [0.1, 0.15) is 18.2 Å². The summed E-state index contributed by atoms with van der Waals surface area (Å²) in [6.45, 7) is 4.59.